The van der Waals surface area contributed by atoms with Crippen LogP contribution in [0.15, 0.2) is 24.3 Å². The van der Waals surface area contributed by atoms with Crippen molar-refractivity contribution in [2.45, 2.75) is 27.2 Å². The molecule has 0 fully saturated rings. The van der Waals surface area contributed by atoms with Gasteiger partial charge in [-0.05, 0) is 50.1 Å². The molecule has 0 saturated carbocycles. The van der Waals surface area contributed by atoms with E-state index in [9.17, 15) is 14.4 Å². The molecule has 2 aromatic rings. The van der Waals surface area contributed by atoms with Crippen LogP contribution in [0.3, 0.4) is 0 Å². The van der Waals surface area contributed by atoms with Gasteiger partial charge in [-0.15, -0.1) is 11.3 Å². The van der Waals surface area contributed by atoms with Gasteiger partial charge in [-0.25, -0.2) is 9.59 Å². The van der Waals surface area contributed by atoms with Crippen molar-refractivity contribution in [2.24, 2.45) is 0 Å². The van der Waals surface area contributed by atoms with Gasteiger partial charge in [0.05, 0.1) is 24.8 Å². The quantitative estimate of drug-likeness (QED) is 0.675. The molecule has 0 aliphatic carbocycles. The van der Waals surface area contributed by atoms with Gasteiger partial charge >= 0.3 is 11.9 Å². The molecule has 0 aliphatic heterocycles. The van der Waals surface area contributed by atoms with Crippen LogP contribution in [-0.2, 0) is 20.7 Å². The van der Waals surface area contributed by atoms with E-state index in [4.69, 9.17) is 14.2 Å². The molecule has 0 spiro atoms. The molecule has 7 nitrogen and oxygen atoms in total. The molecular weight excluding hydrogens is 382 g/mol. The lowest BCUT2D eigenvalue weighted by Crippen LogP contribution is -2.21. The summed E-state index contributed by atoms with van der Waals surface area (Å²) in [7, 11) is 1.53. The van der Waals surface area contributed by atoms with Crippen LogP contribution in [0.4, 0.5) is 5.00 Å². The zero-order valence-electron chi connectivity index (χ0n) is 16.3. The van der Waals surface area contributed by atoms with Gasteiger partial charge in [-0.2, -0.15) is 0 Å². The van der Waals surface area contributed by atoms with Gasteiger partial charge in [0.2, 0.25) is 0 Å². The van der Waals surface area contributed by atoms with Gasteiger partial charge in [0, 0.05) is 4.88 Å². The van der Waals surface area contributed by atoms with Crippen LogP contribution >= 0.6 is 11.3 Å². The summed E-state index contributed by atoms with van der Waals surface area (Å²) in [6, 6.07) is 6.36. The third-order valence-corrected chi connectivity index (χ3v) is 5.31. The molecule has 0 unspecified atom stereocenters. The number of carbonyl (C=O) groups excluding carboxylic acids is 3. The molecule has 2 rings (SSSR count). The van der Waals surface area contributed by atoms with E-state index in [-0.39, 0.29) is 6.61 Å². The molecule has 8 heteroatoms. The Morgan fingerprint density at radius 3 is 2.29 bits per heavy atom. The SMILES string of the molecule is CCOC(=O)c1c(NC(=O)COC(=O)c2ccc(OC)cc2)sc(CC)c1C. The normalized spacial score (nSPS) is 10.3. The summed E-state index contributed by atoms with van der Waals surface area (Å²) in [6.07, 6.45) is 0.727. The number of anilines is 1. The van der Waals surface area contributed by atoms with Crippen LogP contribution in [0.25, 0.3) is 0 Å². The Kier molecular flexibility index (Phi) is 7.57. The fourth-order valence-corrected chi connectivity index (χ4v) is 3.69. The number of methoxy groups -OCH3 is 1. The number of nitrogens with one attached hydrogen (secondary N) is 1. The van der Waals surface area contributed by atoms with Gasteiger partial charge in [0.1, 0.15) is 10.8 Å². The topological polar surface area (TPSA) is 90.9 Å². The Morgan fingerprint density at radius 1 is 1.04 bits per heavy atom. The molecule has 0 radical (unpaired) electrons. The van der Waals surface area contributed by atoms with Crippen molar-refractivity contribution in [3.63, 3.8) is 0 Å². The summed E-state index contributed by atoms with van der Waals surface area (Å²) in [5.74, 6) is -1.03. The summed E-state index contributed by atoms with van der Waals surface area (Å²) in [6.45, 7) is 5.28. The minimum atomic E-state index is -0.625. The lowest BCUT2D eigenvalue weighted by atomic mass is 10.1. The number of hydrogen-bond donors (Lipinski definition) is 1. The lowest BCUT2D eigenvalue weighted by molar-refractivity contribution is -0.119. The number of carbonyl (C=O) groups is 3. The summed E-state index contributed by atoms with van der Waals surface area (Å²) < 4.78 is 15.2. The van der Waals surface area contributed by atoms with Crippen molar-refractivity contribution in [1.82, 2.24) is 0 Å². The maximum atomic E-state index is 12.2. The summed E-state index contributed by atoms with van der Waals surface area (Å²) in [5, 5.41) is 3.05. The van der Waals surface area contributed by atoms with Gasteiger partial charge in [-0.1, -0.05) is 6.92 Å². The first-order valence-corrected chi connectivity index (χ1v) is 9.63. The molecule has 28 heavy (non-hydrogen) atoms. The standard InChI is InChI=1S/C20H23NO6S/c1-5-15-12(3)17(20(24)26-6-2)18(28-15)21-16(22)11-27-19(23)13-7-9-14(25-4)10-8-13/h7-10H,5-6,11H2,1-4H3,(H,21,22). The predicted octanol–water partition coefficient (Wildman–Crippen LogP) is 3.60. The van der Waals surface area contributed by atoms with Crippen LogP contribution in [0.1, 0.15) is 45.0 Å². The Hall–Kier alpha value is -2.87. The first kappa shape index (κ1) is 21.4. The molecule has 150 valence electrons. The maximum Gasteiger partial charge on any atom is 0.341 e. The van der Waals surface area contributed by atoms with E-state index in [1.165, 1.54) is 18.4 Å². The fraction of sp³-hybridized carbons (Fsp3) is 0.350. The van der Waals surface area contributed by atoms with Gasteiger partial charge in [0.25, 0.3) is 5.91 Å². The number of rotatable bonds is 8. The zero-order valence-corrected chi connectivity index (χ0v) is 17.1. The van der Waals surface area contributed by atoms with Crippen molar-refractivity contribution in [1.29, 1.82) is 0 Å². The van der Waals surface area contributed by atoms with Gasteiger partial charge in [-0.3, -0.25) is 4.79 Å². The van der Waals surface area contributed by atoms with Crippen LogP contribution in [0.5, 0.6) is 5.75 Å². The van der Waals surface area contributed by atoms with E-state index in [2.05, 4.69) is 5.32 Å². The lowest BCUT2D eigenvalue weighted by Gasteiger charge is -2.08. The second-order valence-corrected chi connectivity index (χ2v) is 6.89. The number of benzene rings is 1. The minimum absolute atomic E-state index is 0.239. The molecule has 1 aromatic heterocycles. The van der Waals surface area contributed by atoms with E-state index in [0.717, 1.165) is 16.9 Å². The summed E-state index contributed by atoms with van der Waals surface area (Å²) in [4.78, 5) is 37.5. The summed E-state index contributed by atoms with van der Waals surface area (Å²) in [5.41, 5.74) is 1.44. The Labute approximate surface area is 167 Å². The summed E-state index contributed by atoms with van der Waals surface area (Å²) >= 11 is 1.32. The smallest absolute Gasteiger partial charge is 0.341 e. The van der Waals surface area contributed by atoms with Crippen LogP contribution in [0.2, 0.25) is 0 Å². The zero-order chi connectivity index (χ0) is 20.7. The molecular formula is C20H23NO6S. The van der Waals surface area contributed by atoms with E-state index >= 15 is 0 Å². The first-order chi connectivity index (χ1) is 13.4. The van der Waals surface area contributed by atoms with E-state index in [1.807, 2.05) is 13.8 Å². The average Bonchev–Trinajstić information content (AvgIpc) is 3.01. The van der Waals surface area contributed by atoms with Crippen molar-refractivity contribution in [3.05, 3.63) is 45.8 Å². The second kappa shape index (κ2) is 9.89. The van der Waals surface area contributed by atoms with Gasteiger partial charge in [0.15, 0.2) is 6.61 Å². The molecule has 1 N–H and O–H groups in total. The average molecular weight is 405 g/mol. The fourth-order valence-electron chi connectivity index (χ4n) is 2.54. The second-order valence-electron chi connectivity index (χ2n) is 5.78. The maximum absolute atomic E-state index is 12.2. The number of esters is 2. The first-order valence-electron chi connectivity index (χ1n) is 8.81. The predicted molar refractivity (Wildman–Crippen MR) is 106 cm³/mol. The van der Waals surface area contributed by atoms with Crippen LogP contribution in [0, 0.1) is 6.92 Å². The number of aryl methyl sites for hydroxylation is 1. The third kappa shape index (κ3) is 5.10. The Morgan fingerprint density at radius 2 is 1.71 bits per heavy atom. The molecule has 0 bridgehead atoms. The highest BCUT2D eigenvalue weighted by Gasteiger charge is 2.23. The van der Waals surface area contributed by atoms with E-state index in [1.54, 1.807) is 31.2 Å². The van der Waals surface area contributed by atoms with Crippen molar-refractivity contribution in [2.75, 3.05) is 25.6 Å². The van der Waals surface area contributed by atoms with Crippen molar-refractivity contribution in [3.8, 4) is 5.75 Å². The molecule has 0 atom stereocenters. The monoisotopic (exact) mass is 405 g/mol. The van der Waals surface area contributed by atoms with E-state index < -0.39 is 24.5 Å². The Bertz CT molecular complexity index is 856. The largest absolute Gasteiger partial charge is 0.497 e. The molecule has 0 aliphatic rings. The minimum Gasteiger partial charge on any atom is -0.497 e. The number of thiophene rings is 1. The van der Waals surface area contributed by atoms with Crippen LogP contribution in [-0.4, -0.2) is 38.2 Å². The van der Waals surface area contributed by atoms with Crippen LogP contribution < -0.4 is 10.1 Å². The number of hydrogen-bond acceptors (Lipinski definition) is 7. The highest BCUT2D eigenvalue weighted by atomic mass is 32.1. The number of ether oxygens (including phenoxy) is 3. The highest BCUT2D eigenvalue weighted by Crippen LogP contribution is 2.34. The van der Waals surface area contributed by atoms with E-state index in [0.29, 0.717) is 21.9 Å². The number of amides is 1. The van der Waals surface area contributed by atoms with Crippen molar-refractivity contribution >= 4 is 34.2 Å². The highest BCUT2D eigenvalue weighted by molar-refractivity contribution is 7.17. The molecule has 0 saturated heterocycles. The van der Waals surface area contributed by atoms with Crippen molar-refractivity contribution < 1.29 is 28.6 Å². The third-order valence-electron chi connectivity index (χ3n) is 3.96. The van der Waals surface area contributed by atoms with Gasteiger partial charge < -0.3 is 19.5 Å². The molecule has 1 amide bonds. The molecule has 1 aromatic carbocycles. The Balaban J connectivity index is 2.04. The molecule has 1 heterocycles.